The van der Waals surface area contributed by atoms with Crippen LogP contribution in [0.2, 0.25) is 0 Å². The highest BCUT2D eigenvalue weighted by atomic mass is 16.5. The van der Waals surface area contributed by atoms with Gasteiger partial charge in [-0.25, -0.2) is 0 Å². The molecular weight excluding hydrogens is 228 g/mol. The monoisotopic (exact) mass is 246 g/mol. The van der Waals surface area contributed by atoms with Crippen LogP contribution in [0.1, 0.15) is 19.4 Å². The summed E-state index contributed by atoms with van der Waals surface area (Å²) in [4.78, 5) is 10.9. The average Bonchev–Trinajstić information content (AvgIpc) is 2.38. The summed E-state index contributed by atoms with van der Waals surface area (Å²) in [6.45, 7) is 3.86. The fourth-order valence-corrected chi connectivity index (χ4v) is 1.75. The van der Waals surface area contributed by atoms with Gasteiger partial charge in [-0.2, -0.15) is 0 Å². The summed E-state index contributed by atoms with van der Waals surface area (Å²) in [5.41, 5.74) is 1.04. The van der Waals surface area contributed by atoms with Crippen molar-refractivity contribution in [2.24, 2.45) is 11.8 Å². The van der Waals surface area contributed by atoms with Crippen molar-refractivity contribution in [3.63, 3.8) is 0 Å². The van der Waals surface area contributed by atoms with Gasteiger partial charge in [0.15, 0.2) is 0 Å². The Kier molecular flexibility index (Phi) is 5.41. The minimum absolute atomic E-state index is 0.290. The maximum absolute atomic E-state index is 10.9. The topological polar surface area (TPSA) is 46.5 Å². The molecule has 1 N–H and O–H groups in total. The van der Waals surface area contributed by atoms with Gasteiger partial charge < -0.3 is 9.84 Å². The van der Waals surface area contributed by atoms with Crippen LogP contribution >= 0.6 is 0 Å². The highest BCUT2D eigenvalue weighted by Gasteiger charge is 2.27. The quantitative estimate of drug-likeness (QED) is 0.785. The zero-order valence-electron chi connectivity index (χ0n) is 10.7. The van der Waals surface area contributed by atoms with Crippen LogP contribution in [0.3, 0.4) is 0 Å². The van der Waals surface area contributed by atoms with E-state index in [-0.39, 0.29) is 6.10 Å². The van der Waals surface area contributed by atoms with Crippen molar-refractivity contribution >= 4 is 5.97 Å². The predicted molar refractivity (Wildman–Crippen MR) is 69.8 cm³/mol. The van der Waals surface area contributed by atoms with Crippen molar-refractivity contribution in [1.29, 1.82) is 0 Å². The number of terminal acetylenes is 1. The average molecular weight is 246 g/mol. The van der Waals surface area contributed by atoms with Crippen LogP contribution in [-0.2, 0) is 16.1 Å². The van der Waals surface area contributed by atoms with E-state index < -0.39 is 17.8 Å². The van der Waals surface area contributed by atoms with Gasteiger partial charge in [-0.1, -0.05) is 43.2 Å². The summed E-state index contributed by atoms with van der Waals surface area (Å²) >= 11 is 0. The second kappa shape index (κ2) is 6.83. The number of hydrogen-bond acceptors (Lipinski definition) is 2. The van der Waals surface area contributed by atoms with E-state index in [9.17, 15) is 4.79 Å². The third kappa shape index (κ3) is 3.90. The lowest BCUT2D eigenvalue weighted by atomic mass is 9.90. The summed E-state index contributed by atoms with van der Waals surface area (Å²) in [5.74, 6) is 0.583. The van der Waals surface area contributed by atoms with Gasteiger partial charge in [0.1, 0.15) is 0 Å². The Morgan fingerprint density at radius 3 is 2.50 bits per heavy atom. The van der Waals surface area contributed by atoms with Crippen molar-refractivity contribution in [3.8, 4) is 12.3 Å². The lowest BCUT2D eigenvalue weighted by Crippen LogP contribution is -2.30. The SMILES string of the molecule is C#CC(C(C)OCc1ccccc1)[C@@H](C)C(=O)O. The molecule has 2 unspecified atom stereocenters. The van der Waals surface area contributed by atoms with Gasteiger partial charge in [0.25, 0.3) is 0 Å². The summed E-state index contributed by atoms with van der Waals surface area (Å²) in [5, 5.41) is 8.97. The fourth-order valence-electron chi connectivity index (χ4n) is 1.75. The number of benzene rings is 1. The van der Waals surface area contributed by atoms with Gasteiger partial charge >= 0.3 is 5.97 Å². The first-order valence-electron chi connectivity index (χ1n) is 5.90. The number of carboxylic acids is 1. The summed E-state index contributed by atoms with van der Waals surface area (Å²) < 4.78 is 5.65. The Bertz CT molecular complexity index is 419. The number of ether oxygens (including phenoxy) is 1. The van der Waals surface area contributed by atoms with Crippen LogP contribution in [0, 0.1) is 24.2 Å². The van der Waals surface area contributed by atoms with Gasteiger partial charge in [-0.15, -0.1) is 6.42 Å². The molecule has 96 valence electrons. The minimum atomic E-state index is -0.895. The third-order valence-electron chi connectivity index (χ3n) is 2.98. The fraction of sp³-hybridized carbons (Fsp3) is 0.400. The second-order valence-electron chi connectivity index (χ2n) is 4.32. The van der Waals surface area contributed by atoms with E-state index in [0.29, 0.717) is 6.61 Å². The first-order chi connectivity index (χ1) is 8.56. The molecule has 0 spiro atoms. The van der Waals surface area contributed by atoms with Crippen molar-refractivity contribution < 1.29 is 14.6 Å². The second-order valence-corrected chi connectivity index (χ2v) is 4.32. The van der Waals surface area contributed by atoms with Crippen LogP contribution < -0.4 is 0 Å². The number of carboxylic acid groups (broad SMARTS) is 1. The molecule has 1 aromatic carbocycles. The van der Waals surface area contributed by atoms with Crippen LogP contribution in [0.25, 0.3) is 0 Å². The first kappa shape index (κ1) is 14.3. The molecule has 3 nitrogen and oxygen atoms in total. The molecule has 1 rings (SSSR count). The lowest BCUT2D eigenvalue weighted by molar-refractivity contribution is -0.144. The molecule has 0 saturated heterocycles. The normalized spacial score (nSPS) is 15.4. The predicted octanol–water partition coefficient (Wildman–Crippen LogP) is 2.56. The van der Waals surface area contributed by atoms with Crippen LogP contribution in [0.5, 0.6) is 0 Å². The molecule has 0 radical (unpaired) electrons. The third-order valence-corrected chi connectivity index (χ3v) is 2.98. The number of carbonyl (C=O) groups is 1. The molecule has 1 aromatic rings. The molecule has 0 bridgehead atoms. The van der Waals surface area contributed by atoms with Crippen LogP contribution in [0.4, 0.5) is 0 Å². The van der Waals surface area contributed by atoms with Gasteiger partial charge in [-0.05, 0) is 12.5 Å². The molecule has 18 heavy (non-hydrogen) atoms. The molecular formula is C15H18O3. The molecule has 0 aliphatic heterocycles. The van der Waals surface area contributed by atoms with E-state index >= 15 is 0 Å². The highest BCUT2D eigenvalue weighted by Crippen LogP contribution is 2.19. The standard InChI is InChI=1S/C15H18O3/c1-4-14(11(2)15(16)17)12(3)18-10-13-8-6-5-7-9-13/h1,5-9,11-12,14H,10H2,2-3H3,(H,16,17)/t11-,12?,14?/m1/s1. The van der Waals surface area contributed by atoms with Crippen molar-refractivity contribution in [1.82, 2.24) is 0 Å². The van der Waals surface area contributed by atoms with Gasteiger partial charge in [-0.3, -0.25) is 4.79 Å². The zero-order valence-corrected chi connectivity index (χ0v) is 10.7. The molecule has 0 fully saturated rings. The maximum atomic E-state index is 10.9. The molecule has 0 heterocycles. The number of rotatable bonds is 6. The van der Waals surface area contributed by atoms with E-state index in [4.69, 9.17) is 16.3 Å². The Balaban J connectivity index is 2.56. The number of hydrogen-bond donors (Lipinski definition) is 1. The molecule has 0 aromatic heterocycles. The van der Waals surface area contributed by atoms with E-state index in [1.165, 1.54) is 0 Å². The van der Waals surface area contributed by atoms with Crippen molar-refractivity contribution in [2.45, 2.75) is 26.6 Å². The minimum Gasteiger partial charge on any atom is -0.481 e. The highest BCUT2D eigenvalue weighted by molar-refractivity contribution is 5.70. The zero-order chi connectivity index (χ0) is 13.5. The first-order valence-corrected chi connectivity index (χ1v) is 5.90. The molecule has 0 aliphatic carbocycles. The Labute approximate surface area is 108 Å². The Morgan fingerprint density at radius 2 is 2.00 bits per heavy atom. The van der Waals surface area contributed by atoms with E-state index in [1.807, 2.05) is 37.3 Å². The van der Waals surface area contributed by atoms with E-state index in [0.717, 1.165) is 5.56 Å². The summed E-state index contributed by atoms with van der Waals surface area (Å²) in [6.07, 6.45) is 5.10. The van der Waals surface area contributed by atoms with Crippen LogP contribution in [-0.4, -0.2) is 17.2 Å². The van der Waals surface area contributed by atoms with Crippen molar-refractivity contribution in [2.75, 3.05) is 0 Å². The van der Waals surface area contributed by atoms with Gasteiger partial charge in [0, 0.05) is 0 Å². The van der Waals surface area contributed by atoms with Crippen LogP contribution in [0.15, 0.2) is 30.3 Å². The van der Waals surface area contributed by atoms with Gasteiger partial charge in [0.2, 0.25) is 0 Å². The Hall–Kier alpha value is -1.79. The molecule has 3 atom stereocenters. The molecule has 3 heteroatoms. The van der Waals surface area contributed by atoms with Crippen molar-refractivity contribution in [3.05, 3.63) is 35.9 Å². The van der Waals surface area contributed by atoms with E-state index in [1.54, 1.807) is 6.92 Å². The largest absolute Gasteiger partial charge is 0.481 e. The molecule has 0 saturated carbocycles. The molecule has 0 amide bonds. The molecule has 0 aliphatic rings. The van der Waals surface area contributed by atoms with E-state index in [2.05, 4.69) is 5.92 Å². The lowest BCUT2D eigenvalue weighted by Gasteiger charge is -2.22. The number of aliphatic carboxylic acids is 1. The van der Waals surface area contributed by atoms with Gasteiger partial charge in [0.05, 0.1) is 24.5 Å². The summed E-state index contributed by atoms with van der Waals surface area (Å²) in [7, 11) is 0. The Morgan fingerprint density at radius 1 is 1.39 bits per heavy atom. The summed E-state index contributed by atoms with van der Waals surface area (Å²) in [6, 6.07) is 9.71. The maximum Gasteiger partial charge on any atom is 0.307 e. The smallest absolute Gasteiger partial charge is 0.307 e.